The number of fused-ring (bicyclic) bond motifs is 2. The molecule has 1 amide bonds. The summed E-state index contributed by atoms with van der Waals surface area (Å²) in [5.74, 6) is 1.56. The van der Waals surface area contributed by atoms with Crippen LogP contribution in [0.3, 0.4) is 0 Å². The van der Waals surface area contributed by atoms with Crippen LogP contribution in [0, 0.1) is 17.8 Å². The van der Waals surface area contributed by atoms with Crippen LogP contribution in [0.5, 0.6) is 0 Å². The van der Waals surface area contributed by atoms with Crippen molar-refractivity contribution in [3.05, 3.63) is 12.2 Å². The van der Waals surface area contributed by atoms with Gasteiger partial charge < -0.3 is 10.0 Å². The van der Waals surface area contributed by atoms with E-state index in [-0.39, 0.29) is 18.4 Å². The Morgan fingerprint density at radius 2 is 2.18 bits per heavy atom. The highest BCUT2D eigenvalue weighted by molar-refractivity contribution is 5.80. The molecule has 2 aliphatic carbocycles. The van der Waals surface area contributed by atoms with Gasteiger partial charge in [0.1, 0.15) is 0 Å². The number of hydrogen-bond acceptors (Lipinski definition) is 2. The van der Waals surface area contributed by atoms with Gasteiger partial charge in [0.15, 0.2) is 0 Å². The summed E-state index contributed by atoms with van der Waals surface area (Å²) in [4.78, 5) is 14.3. The Bertz CT molecular complexity index is 301. The summed E-state index contributed by atoms with van der Waals surface area (Å²) < 4.78 is 0. The van der Waals surface area contributed by atoms with Gasteiger partial charge in [0.25, 0.3) is 0 Å². The maximum absolute atomic E-state index is 12.4. The predicted octanol–water partition coefficient (Wildman–Crippen LogP) is 1.82. The molecule has 1 saturated carbocycles. The summed E-state index contributed by atoms with van der Waals surface area (Å²) in [5, 5.41) is 9.05. The van der Waals surface area contributed by atoms with Crippen molar-refractivity contribution in [2.75, 3.05) is 19.7 Å². The topological polar surface area (TPSA) is 40.5 Å². The van der Waals surface area contributed by atoms with Gasteiger partial charge in [-0.1, -0.05) is 25.5 Å². The van der Waals surface area contributed by atoms with E-state index >= 15 is 0 Å². The Balaban J connectivity index is 1.93. The summed E-state index contributed by atoms with van der Waals surface area (Å²) in [6.07, 6.45) is 8.78. The van der Waals surface area contributed by atoms with Crippen LogP contribution in [-0.4, -0.2) is 35.6 Å². The summed E-state index contributed by atoms with van der Waals surface area (Å²) in [7, 11) is 0. The molecular formula is C14H23NO2. The highest BCUT2D eigenvalue weighted by Crippen LogP contribution is 2.44. The van der Waals surface area contributed by atoms with Gasteiger partial charge in [-0.3, -0.25) is 4.79 Å². The van der Waals surface area contributed by atoms with Gasteiger partial charge in [-0.15, -0.1) is 0 Å². The van der Waals surface area contributed by atoms with Crippen molar-refractivity contribution in [1.82, 2.24) is 4.90 Å². The molecule has 0 spiro atoms. The standard InChI is InChI=1S/C14H23NO2/c1-2-3-6-15(7-8-16)14(17)13-10-11-4-5-12(13)9-11/h4-5,11-13,16H,2-3,6-10H2,1H3. The second-order valence-corrected chi connectivity index (χ2v) is 5.29. The zero-order valence-corrected chi connectivity index (χ0v) is 10.6. The van der Waals surface area contributed by atoms with Crippen molar-refractivity contribution in [3.63, 3.8) is 0 Å². The highest BCUT2D eigenvalue weighted by Gasteiger charge is 2.41. The third-order valence-corrected chi connectivity index (χ3v) is 4.06. The number of carbonyl (C=O) groups is 1. The number of nitrogens with zero attached hydrogens (tertiary/aromatic N) is 1. The van der Waals surface area contributed by atoms with Crippen LogP contribution in [0.4, 0.5) is 0 Å². The van der Waals surface area contributed by atoms with Gasteiger partial charge in [0.05, 0.1) is 6.61 Å². The Labute approximate surface area is 103 Å². The van der Waals surface area contributed by atoms with E-state index < -0.39 is 0 Å². The minimum absolute atomic E-state index is 0.0755. The van der Waals surface area contributed by atoms with Gasteiger partial charge in [0.2, 0.25) is 5.91 Å². The summed E-state index contributed by atoms with van der Waals surface area (Å²) in [5.41, 5.74) is 0. The van der Waals surface area contributed by atoms with Gasteiger partial charge in [-0.05, 0) is 31.1 Å². The molecule has 0 radical (unpaired) electrons. The highest BCUT2D eigenvalue weighted by atomic mass is 16.3. The maximum atomic E-state index is 12.4. The quantitative estimate of drug-likeness (QED) is 0.716. The molecule has 0 saturated heterocycles. The molecule has 3 atom stereocenters. The number of unbranched alkanes of at least 4 members (excludes halogenated alkanes) is 1. The number of allylic oxidation sites excluding steroid dienone is 2. The van der Waals surface area contributed by atoms with E-state index in [1.54, 1.807) is 0 Å². The van der Waals surface area contributed by atoms with E-state index in [1.165, 1.54) is 0 Å². The first kappa shape index (κ1) is 12.6. The molecule has 3 unspecified atom stereocenters. The zero-order chi connectivity index (χ0) is 12.3. The first-order chi connectivity index (χ1) is 8.26. The van der Waals surface area contributed by atoms with E-state index in [1.807, 2.05) is 4.90 Å². The fourth-order valence-electron chi connectivity index (χ4n) is 3.10. The fraction of sp³-hybridized carbons (Fsp3) is 0.786. The maximum Gasteiger partial charge on any atom is 0.226 e. The average Bonchev–Trinajstić information content (AvgIpc) is 2.95. The van der Waals surface area contributed by atoms with Crippen LogP contribution in [0.25, 0.3) is 0 Å². The van der Waals surface area contributed by atoms with Crippen LogP contribution in [0.15, 0.2) is 12.2 Å². The summed E-state index contributed by atoms with van der Waals surface area (Å²) >= 11 is 0. The number of aliphatic hydroxyl groups is 1. The van der Waals surface area contributed by atoms with Gasteiger partial charge >= 0.3 is 0 Å². The molecule has 17 heavy (non-hydrogen) atoms. The molecule has 0 aromatic heterocycles. The lowest BCUT2D eigenvalue weighted by Gasteiger charge is -2.27. The fourth-order valence-corrected chi connectivity index (χ4v) is 3.10. The molecule has 2 aliphatic rings. The first-order valence-corrected chi connectivity index (χ1v) is 6.84. The van der Waals surface area contributed by atoms with Crippen LogP contribution >= 0.6 is 0 Å². The Hall–Kier alpha value is -0.830. The Kier molecular flexibility index (Phi) is 4.21. The Morgan fingerprint density at radius 3 is 2.71 bits per heavy atom. The van der Waals surface area contributed by atoms with Gasteiger partial charge in [0, 0.05) is 19.0 Å². The molecule has 3 nitrogen and oxygen atoms in total. The van der Waals surface area contributed by atoms with E-state index in [0.29, 0.717) is 18.4 Å². The molecule has 3 heteroatoms. The lowest BCUT2D eigenvalue weighted by atomic mass is 9.92. The average molecular weight is 237 g/mol. The summed E-state index contributed by atoms with van der Waals surface area (Å²) in [6.45, 7) is 3.50. The number of amides is 1. The normalized spacial score (nSPS) is 29.9. The third kappa shape index (κ3) is 2.71. The third-order valence-electron chi connectivity index (χ3n) is 4.06. The monoisotopic (exact) mass is 237 g/mol. The number of carbonyl (C=O) groups excluding carboxylic acids is 1. The van der Waals surface area contributed by atoms with E-state index in [0.717, 1.165) is 32.2 Å². The number of hydrogen-bond donors (Lipinski definition) is 1. The van der Waals surface area contributed by atoms with Crippen molar-refractivity contribution in [1.29, 1.82) is 0 Å². The number of rotatable bonds is 6. The van der Waals surface area contributed by atoms with Crippen molar-refractivity contribution < 1.29 is 9.90 Å². The second-order valence-electron chi connectivity index (χ2n) is 5.29. The lowest BCUT2D eigenvalue weighted by Crippen LogP contribution is -2.40. The smallest absolute Gasteiger partial charge is 0.226 e. The molecule has 0 heterocycles. The van der Waals surface area contributed by atoms with E-state index in [9.17, 15) is 4.79 Å². The largest absolute Gasteiger partial charge is 0.395 e. The number of aliphatic hydroxyl groups excluding tert-OH is 1. The second kappa shape index (κ2) is 5.67. The van der Waals surface area contributed by atoms with Crippen LogP contribution in [0.1, 0.15) is 32.6 Å². The zero-order valence-electron chi connectivity index (χ0n) is 10.6. The lowest BCUT2D eigenvalue weighted by molar-refractivity contribution is -0.137. The SMILES string of the molecule is CCCCN(CCO)C(=O)C1CC2C=CC1C2. The molecule has 2 bridgehead atoms. The van der Waals surface area contributed by atoms with Gasteiger partial charge in [-0.25, -0.2) is 0 Å². The molecule has 0 aromatic carbocycles. The van der Waals surface area contributed by atoms with E-state index in [4.69, 9.17) is 5.11 Å². The van der Waals surface area contributed by atoms with Crippen molar-refractivity contribution in [2.45, 2.75) is 32.6 Å². The van der Waals surface area contributed by atoms with E-state index in [2.05, 4.69) is 19.1 Å². The van der Waals surface area contributed by atoms with Crippen LogP contribution in [-0.2, 0) is 4.79 Å². The van der Waals surface area contributed by atoms with Crippen molar-refractivity contribution in [2.24, 2.45) is 17.8 Å². The predicted molar refractivity (Wildman–Crippen MR) is 67.4 cm³/mol. The summed E-state index contributed by atoms with van der Waals surface area (Å²) in [6, 6.07) is 0. The molecule has 1 fully saturated rings. The molecule has 0 aromatic rings. The minimum atomic E-state index is 0.0755. The molecule has 1 N–H and O–H groups in total. The molecule has 0 aliphatic heterocycles. The van der Waals surface area contributed by atoms with Crippen molar-refractivity contribution in [3.8, 4) is 0 Å². The Morgan fingerprint density at radius 1 is 1.35 bits per heavy atom. The van der Waals surface area contributed by atoms with Crippen molar-refractivity contribution >= 4 is 5.91 Å². The van der Waals surface area contributed by atoms with Gasteiger partial charge in [-0.2, -0.15) is 0 Å². The molecular weight excluding hydrogens is 214 g/mol. The molecule has 2 rings (SSSR count). The molecule has 96 valence electrons. The van der Waals surface area contributed by atoms with Crippen LogP contribution in [0.2, 0.25) is 0 Å². The van der Waals surface area contributed by atoms with Crippen LogP contribution < -0.4 is 0 Å². The minimum Gasteiger partial charge on any atom is -0.395 e. The first-order valence-electron chi connectivity index (χ1n) is 6.84.